The van der Waals surface area contributed by atoms with Gasteiger partial charge in [0, 0.05) is 17.6 Å². The zero-order valence-electron chi connectivity index (χ0n) is 10.6. The molecule has 1 heterocycles. The molecule has 2 aromatic rings. The second-order valence-corrected chi connectivity index (χ2v) is 4.04. The number of aromatic nitrogens is 1. The normalized spacial score (nSPS) is 10.8. The third kappa shape index (κ3) is 2.36. The van der Waals surface area contributed by atoms with Gasteiger partial charge in [-0.2, -0.15) is 0 Å². The highest BCUT2D eigenvalue weighted by Gasteiger charge is 2.25. The summed E-state index contributed by atoms with van der Waals surface area (Å²) in [6.45, 7) is 1.62. The number of halogens is 2. The topological polar surface area (TPSA) is 31.2 Å². The molecule has 3 nitrogen and oxygen atoms in total. The van der Waals surface area contributed by atoms with Gasteiger partial charge in [-0.1, -0.05) is 18.2 Å². The summed E-state index contributed by atoms with van der Waals surface area (Å²) in [6, 6.07) is 8.99. The van der Waals surface area contributed by atoms with Crippen molar-refractivity contribution in [3.05, 3.63) is 53.3 Å². The summed E-state index contributed by atoms with van der Waals surface area (Å²) in [4.78, 5) is 11.6. The summed E-state index contributed by atoms with van der Waals surface area (Å²) >= 11 is 0. The van der Waals surface area contributed by atoms with Crippen molar-refractivity contribution < 1.29 is 18.3 Å². The molecule has 0 aliphatic heterocycles. The zero-order chi connectivity index (χ0) is 14.0. The van der Waals surface area contributed by atoms with Crippen LogP contribution in [0.3, 0.4) is 0 Å². The summed E-state index contributed by atoms with van der Waals surface area (Å²) in [6.07, 6.45) is -1.44. The van der Waals surface area contributed by atoms with Crippen LogP contribution < -0.4 is 0 Å². The molecule has 0 fully saturated rings. The van der Waals surface area contributed by atoms with Crippen LogP contribution in [0.2, 0.25) is 0 Å². The van der Waals surface area contributed by atoms with E-state index in [1.165, 1.54) is 13.3 Å². The van der Waals surface area contributed by atoms with E-state index in [9.17, 15) is 13.6 Å². The number of carbonyl (C=O) groups is 1. The molecule has 100 valence electrons. The van der Waals surface area contributed by atoms with Crippen LogP contribution in [0.4, 0.5) is 8.78 Å². The Morgan fingerprint density at radius 3 is 2.42 bits per heavy atom. The van der Waals surface area contributed by atoms with Crippen LogP contribution in [-0.4, -0.2) is 17.6 Å². The van der Waals surface area contributed by atoms with Gasteiger partial charge in [-0.3, -0.25) is 0 Å². The third-order valence-corrected chi connectivity index (χ3v) is 2.94. The average Bonchev–Trinajstić information content (AvgIpc) is 2.77. The summed E-state index contributed by atoms with van der Waals surface area (Å²) in [7, 11) is 1.18. The molecule has 0 unspecified atom stereocenters. The molecule has 0 radical (unpaired) electrons. The van der Waals surface area contributed by atoms with E-state index < -0.39 is 12.4 Å². The summed E-state index contributed by atoms with van der Waals surface area (Å²) < 4.78 is 32.2. The number of rotatable bonds is 3. The maximum atomic E-state index is 13.0. The lowest BCUT2D eigenvalue weighted by atomic mass is 10.1. The molecule has 0 N–H and O–H groups in total. The van der Waals surface area contributed by atoms with E-state index in [2.05, 4.69) is 4.74 Å². The largest absolute Gasteiger partial charge is 0.465 e. The van der Waals surface area contributed by atoms with Crippen molar-refractivity contribution in [2.75, 3.05) is 7.11 Å². The van der Waals surface area contributed by atoms with Crippen molar-refractivity contribution in [3.8, 4) is 5.69 Å². The minimum absolute atomic E-state index is 0.0682. The fourth-order valence-corrected chi connectivity index (χ4v) is 2.02. The maximum Gasteiger partial charge on any atom is 0.340 e. The standard InChI is InChI=1S/C14H13F2NO2/c1-9-12(14(18)19-2)11(13(15)16)8-17(9)10-6-4-3-5-7-10/h3-8,13H,1-2H3. The predicted octanol–water partition coefficient (Wildman–Crippen LogP) is 3.51. The van der Waals surface area contributed by atoms with Crippen LogP contribution in [0.5, 0.6) is 0 Å². The number of hydrogen-bond acceptors (Lipinski definition) is 2. The van der Waals surface area contributed by atoms with Crippen molar-refractivity contribution >= 4 is 5.97 Å². The molecule has 19 heavy (non-hydrogen) atoms. The highest BCUT2D eigenvalue weighted by molar-refractivity contribution is 5.92. The number of esters is 1. The van der Waals surface area contributed by atoms with Crippen LogP contribution in [0, 0.1) is 6.92 Å². The lowest BCUT2D eigenvalue weighted by molar-refractivity contribution is 0.0589. The van der Waals surface area contributed by atoms with Gasteiger partial charge in [-0.25, -0.2) is 13.6 Å². The quantitative estimate of drug-likeness (QED) is 0.795. The molecule has 5 heteroatoms. The second-order valence-electron chi connectivity index (χ2n) is 4.04. The van der Waals surface area contributed by atoms with E-state index in [4.69, 9.17) is 0 Å². The van der Waals surface area contributed by atoms with Crippen molar-refractivity contribution in [2.24, 2.45) is 0 Å². The first kappa shape index (κ1) is 13.3. The van der Waals surface area contributed by atoms with Crippen molar-refractivity contribution in [1.29, 1.82) is 0 Å². The van der Waals surface area contributed by atoms with Gasteiger partial charge in [0.1, 0.15) is 0 Å². The number of methoxy groups -OCH3 is 1. The molecule has 0 atom stereocenters. The van der Waals surface area contributed by atoms with Gasteiger partial charge >= 0.3 is 5.97 Å². The van der Waals surface area contributed by atoms with Crippen molar-refractivity contribution in [1.82, 2.24) is 4.57 Å². The Balaban J connectivity index is 2.62. The van der Waals surface area contributed by atoms with Crippen LogP contribution in [0.15, 0.2) is 36.5 Å². The maximum absolute atomic E-state index is 13.0. The smallest absolute Gasteiger partial charge is 0.340 e. The van der Waals surface area contributed by atoms with E-state index in [0.717, 1.165) is 5.69 Å². The number of para-hydroxylation sites is 1. The number of alkyl halides is 2. The predicted molar refractivity (Wildman–Crippen MR) is 66.8 cm³/mol. The van der Waals surface area contributed by atoms with Crippen LogP contribution in [0.1, 0.15) is 28.0 Å². The second kappa shape index (κ2) is 5.22. The number of benzene rings is 1. The van der Waals surface area contributed by atoms with Crippen LogP contribution in [-0.2, 0) is 4.74 Å². The highest BCUT2D eigenvalue weighted by atomic mass is 19.3. The van der Waals surface area contributed by atoms with Gasteiger partial charge in [0.25, 0.3) is 6.43 Å². The van der Waals surface area contributed by atoms with Crippen molar-refractivity contribution in [3.63, 3.8) is 0 Å². The summed E-state index contributed by atoms with van der Waals surface area (Å²) in [5, 5.41) is 0. The van der Waals surface area contributed by atoms with Gasteiger partial charge in [-0.15, -0.1) is 0 Å². The molecule has 0 spiro atoms. The fraction of sp³-hybridized carbons (Fsp3) is 0.214. The van der Waals surface area contributed by atoms with Gasteiger partial charge in [0.05, 0.1) is 18.2 Å². The van der Waals surface area contributed by atoms with E-state index in [-0.39, 0.29) is 11.1 Å². The molecule has 2 rings (SSSR count). The minimum atomic E-state index is -2.72. The molecule has 0 saturated heterocycles. The molecule has 0 amide bonds. The average molecular weight is 265 g/mol. The van der Waals surface area contributed by atoms with Crippen LogP contribution in [0.25, 0.3) is 5.69 Å². The Bertz CT molecular complexity index is 591. The number of carbonyl (C=O) groups excluding carboxylic acids is 1. The first-order valence-corrected chi connectivity index (χ1v) is 5.70. The van der Waals surface area contributed by atoms with E-state index in [0.29, 0.717) is 5.69 Å². The molecular weight excluding hydrogens is 252 g/mol. The van der Waals surface area contributed by atoms with Gasteiger partial charge in [-0.05, 0) is 19.1 Å². The molecule has 0 aliphatic rings. The monoisotopic (exact) mass is 265 g/mol. The van der Waals surface area contributed by atoms with Crippen LogP contribution >= 0.6 is 0 Å². The Kier molecular flexibility index (Phi) is 3.64. The Labute approximate surface area is 109 Å². The Hall–Kier alpha value is -2.17. The lowest BCUT2D eigenvalue weighted by Crippen LogP contribution is -2.06. The number of ether oxygens (including phenoxy) is 1. The van der Waals surface area contributed by atoms with E-state index in [1.807, 2.05) is 6.07 Å². The first-order valence-electron chi connectivity index (χ1n) is 5.70. The molecular formula is C14H13F2NO2. The third-order valence-electron chi connectivity index (χ3n) is 2.94. The van der Waals surface area contributed by atoms with Gasteiger partial charge < -0.3 is 9.30 Å². The number of nitrogens with zero attached hydrogens (tertiary/aromatic N) is 1. The summed E-state index contributed by atoms with van der Waals surface area (Å²) in [5.41, 5.74) is 0.778. The number of hydrogen-bond donors (Lipinski definition) is 0. The molecule has 1 aromatic carbocycles. The van der Waals surface area contributed by atoms with Gasteiger partial charge in [0.2, 0.25) is 0 Å². The van der Waals surface area contributed by atoms with E-state index in [1.54, 1.807) is 35.8 Å². The molecule has 0 aliphatic carbocycles. The Morgan fingerprint density at radius 2 is 1.89 bits per heavy atom. The Morgan fingerprint density at radius 1 is 1.26 bits per heavy atom. The summed E-state index contributed by atoms with van der Waals surface area (Å²) in [5.74, 6) is -0.748. The van der Waals surface area contributed by atoms with E-state index >= 15 is 0 Å². The first-order chi connectivity index (χ1) is 9.06. The highest BCUT2D eigenvalue weighted by Crippen LogP contribution is 2.29. The molecule has 0 bridgehead atoms. The van der Waals surface area contributed by atoms with Crippen molar-refractivity contribution in [2.45, 2.75) is 13.3 Å². The fourth-order valence-electron chi connectivity index (χ4n) is 2.02. The SMILES string of the molecule is COC(=O)c1c(C(F)F)cn(-c2ccccc2)c1C. The van der Waals surface area contributed by atoms with Gasteiger partial charge in [0.15, 0.2) is 0 Å². The molecule has 1 aromatic heterocycles. The molecule has 0 saturated carbocycles. The minimum Gasteiger partial charge on any atom is -0.465 e. The lowest BCUT2D eigenvalue weighted by Gasteiger charge is -2.06. The zero-order valence-corrected chi connectivity index (χ0v) is 10.6.